The standard InChI is InChI=1S/C28H36BrN3O6S/c1-3-39(35,36)32(24-13-14-25-26(17-24)38-16-15-37-25)19-27(33)31(18-21-9-11-22(29)12-10-21)20(2)28(34)30-23-7-5-4-6-8-23/h9-14,17,20,23H,3-8,15-16,18-19H2,1-2H3,(H,30,34). The molecule has 212 valence electrons. The van der Waals surface area contributed by atoms with E-state index in [0.717, 1.165) is 46.4 Å². The van der Waals surface area contributed by atoms with Gasteiger partial charge in [-0.3, -0.25) is 13.9 Å². The number of carbonyl (C=O) groups is 2. The number of nitrogens with zero attached hydrogens (tertiary/aromatic N) is 2. The smallest absolute Gasteiger partial charge is 0.244 e. The lowest BCUT2D eigenvalue weighted by Crippen LogP contribution is -2.53. The van der Waals surface area contributed by atoms with Gasteiger partial charge in [0.15, 0.2) is 11.5 Å². The molecule has 1 atom stereocenters. The molecule has 1 heterocycles. The largest absolute Gasteiger partial charge is 0.486 e. The zero-order valence-corrected chi connectivity index (χ0v) is 24.8. The third kappa shape index (κ3) is 7.45. The highest BCUT2D eigenvalue weighted by Crippen LogP contribution is 2.35. The lowest BCUT2D eigenvalue weighted by atomic mass is 9.95. The van der Waals surface area contributed by atoms with E-state index in [-0.39, 0.29) is 24.2 Å². The molecule has 1 aliphatic heterocycles. The normalized spacial score (nSPS) is 16.3. The minimum Gasteiger partial charge on any atom is -0.486 e. The van der Waals surface area contributed by atoms with Gasteiger partial charge in [-0.15, -0.1) is 0 Å². The van der Waals surface area contributed by atoms with E-state index in [1.54, 1.807) is 25.1 Å². The van der Waals surface area contributed by atoms with E-state index in [9.17, 15) is 18.0 Å². The van der Waals surface area contributed by atoms with Crippen molar-refractivity contribution in [1.29, 1.82) is 0 Å². The van der Waals surface area contributed by atoms with E-state index in [1.165, 1.54) is 11.8 Å². The van der Waals surface area contributed by atoms with Crippen molar-refractivity contribution < 1.29 is 27.5 Å². The summed E-state index contributed by atoms with van der Waals surface area (Å²) in [4.78, 5) is 28.6. The van der Waals surface area contributed by atoms with Crippen molar-refractivity contribution in [2.24, 2.45) is 0 Å². The molecule has 2 aromatic rings. The van der Waals surface area contributed by atoms with E-state index < -0.39 is 28.5 Å². The SMILES string of the molecule is CCS(=O)(=O)N(CC(=O)N(Cc1ccc(Br)cc1)C(C)C(=O)NC1CCCCC1)c1ccc2c(c1)OCCO2. The topological polar surface area (TPSA) is 105 Å². The molecule has 2 amide bonds. The number of hydrogen-bond donors (Lipinski definition) is 1. The molecule has 2 aliphatic rings. The van der Waals surface area contributed by atoms with Crippen LogP contribution in [0.4, 0.5) is 5.69 Å². The van der Waals surface area contributed by atoms with Crippen molar-refractivity contribution >= 4 is 43.5 Å². The maximum atomic E-state index is 13.9. The Bertz CT molecular complexity index is 1260. The molecule has 0 spiro atoms. The summed E-state index contributed by atoms with van der Waals surface area (Å²) in [5.74, 6) is 0.0382. The van der Waals surface area contributed by atoms with E-state index in [2.05, 4.69) is 21.2 Å². The molecule has 0 saturated heterocycles. The molecule has 4 rings (SSSR count). The van der Waals surface area contributed by atoms with Gasteiger partial charge in [0.1, 0.15) is 25.8 Å². The number of ether oxygens (including phenoxy) is 2. The van der Waals surface area contributed by atoms with E-state index in [4.69, 9.17) is 9.47 Å². The van der Waals surface area contributed by atoms with Crippen molar-refractivity contribution in [3.63, 3.8) is 0 Å². The third-order valence-electron chi connectivity index (χ3n) is 7.18. The predicted octanol–water partition coefficient (Wildman–Crippen LogP) is 4.24. The number of nitrogens with one attached hydrogen (secondary N) is 1. The van der Waals surface area contributed by atoms with Crippen LogP contribution < -0.4 is 19.1 Å². The Morgan fingerprint density at radius 1 is 1.03 bits per heavy atom. The van der Waals surface area contributed by atoms with Crippen LogP contribution in [0, 0.1) is 0 Å². The quantitative estimate of drug-likeness (QED) is 0.425. The van der Waals surface area contributed by atoms with Gasteiger partial charge in [0.05, 0.1) is 11.4 Å². The molecule has 1 aliphatic carbocycles. The van der Waals surface area contributed by atoms with Gasteiger partial charge < -0.3 is 19.7 Å². The number of fused-ring (bicyclic) bond motifs is 1. The number of halogens is 1. The Morgan fingerprint density at radius 3 is 2.36 bits per heavy atom. The van der Waals surface area contributed by atoms with Crippen LogP contribution in [-0.2, 0) is 26.2 Å². The monoisotopic (exact) mass is 621 g/mol. The highest BCUT2D eigenvalue weighted by Gasteiger charge is 2.32. The van der Waals surface area contributed by atoms with Crippen LogP contribution in [0.25, 0.3) is 0 Å². The van der Waals surface area contributed by atoms with E-state index in [1.807, 2.05) is 24.3 Å². The van der Waals surface area contributed by atoms with Gasteiger partial charge in [-0.1, -0.05) is 47.3 Å². The summed E-state index contributed by atoms with van der Waals surface area (Å²) in [5, 5.41) is 3.11. The van der Waals surface area contributed by atoms with Crippen LogP contribution in [0.1, 0.15) is 51.5 Å². The van der Waals surface area contributed by atoms with Crippen LogP contribution >= 0.6 is 15.9 Å². The van der Waals surface area contributed by atoms with E-state index >= 15 is 0 Å². The fourth-order valence-corrected chi connectivity index (χ4v) is 6.16. The second-order valence-electron chi connectivity index (χ2n) is 9.90. The summed E-state index contributed by atoms with van der Waals surface area (Å²) in [5.41, 5.74) is 1.13. The van der Waals surface area contributed by atoms with Gasteiger partial charge in [0.2, 0.25) is 21.8 Å². The van der Waals surface area contributed by atoms with Gasteiger partial charge in [-0.2, -0.15) is 0 Å². The van der Waals surface area contributed by atoms with Crippen molar-refractivity contribution in [3.8, 4) is 11.5 Å². The predicted molar refractivity (Wildman–Crippen MR) is 153 cm³/mol. The molecular weight excluding hydrogens is 586 g/mol. The summed E-state index contributed by atoms with van der Waals surface area (Å²) in [6.45, 7) is 3.69. The maximum Gasteiger partial charge on any atom is 0.244 e. The second-order valence-corrected chi connectivity index (χ2v) is 13.0. The van der Waals surface area contributed by atoms with Crippen LogP contribution in [0.3, 0.4) is 0 Å². The molecular formula is C28H36BrN3O6S. The Labute approximate surface area is 239 Å². The first-order valence-electron chi connectivity index (χ1n) is 13.4. The molecule has 0 aromatic heterocycles. The fourth-order valence-electron chi connectivity index (χ4n) is 4.84. The Balaban J connectivity index is 1.61. The molecule has 1 fully saturated rings. The van der Waals surface area contributed by atoms with Gasteiger partial charge >= 0.3 is 0 Å². The number of benzene rings is 2. The van der Waals surface area contributed by atoms with Crippen molar-refractivity contribution in [3.05, 3.63) is 52.5 Å². The van der Waals surface area contributed by atoms with E-state index in [0.29, 0.717) is 30.4 Å². The average molecular weight is 623 g/mol. The number of sulfonamides is 1. The van der Waals surface area contributed by atoms with Crippen LogP contribution in [0.5, 0.6) is 11.5 Å². The number of hydrogen-bond acceptors (Lipinski definition) is 6. The minimum absolute atomic E-state index is 0.0908. The van der Waals surface area contributed by atoms with Crippen LogP contribution in [0.2, 0.25) is 0 Å². The number of carbonyl (C=O) groups excluding carboxylic acids is 2. The highest BCUT2D eigenvalue weighted by atomic mass is 79.9. The lowest BCUT2D eigenvalue weighted by Gasteiger charge is -2.33. The highest BCUT2D eigenvalue weighted by molar-refractivity contribution is 9.10. The molecule has 2 aromatic carbocycles. The van der Waals surface area contributed by atoms with Crippen molar-refractivity contribution in [1.82, 2.24) is 10.2 Å². The molecule has 1 unspecified atom stereocenters. The van der Waals surface area contributed by atoms with Crippen LogP contribution in [0.15, 0.2) is 46.9 Å². The Kier molecular flexibility index (Phi) is 9.76. The second kappa shape index (κ2) is 13.0. The summed E-state index contributed by atoms with van der Waals surface area (Å²) >= 11 is 3.43. The number of rotatable bonds is 10. The number of amides is 2. The van der Waals surface area contributed by atoms with Crippen molar-refractivity contribution in [2.75, 3.05) is 29.8 Å². The zero-order valence-electron chi connectivity index (χ0n) is 22.4. The molecule has 11 heteroatoms. The minimum atomic E-state index is -3.83. The number of anilines is 1. The van der Waals surface area contributed by atoms with Crippen molar-refractivity contribution in [2.45, 2.75) is 64.6 Å². The maximum absolute atomic E-state index is 13.9. The zero-order chi connectivity index (χ0) is 28.0. The average Bonchev–Trinajstić information content (AvgIpc) is 2.95. The van der Waals surface area contributed by atoms with Gasteiger partial charge in [0.25, 0.3) is 0 Å². The van der Waals surface area contributed by atoms with Gasteiger partial charge in [-0.05, 0) is 56.5 Å². The molecule has 9 nitrogen and oxygen atoms in total. The summed E-state index contributed by atoms with van der Waals surface area (Å²) in [6, 6.07) is 11.6. The first-order chi connectivity index (χ1) is 18.7. The van der Waals surface area contributed by atoms with Gasteiger partial charge in [0, 0.05) is 23.1 Å². The lowest BCUT2D eigenvalue weighted by molar-refractivity contribution is -0.139. The fraction of sp³-hybridized carbons (Fsp3) is 0.500. The Hall–Kier alpha value is -2.79. The first-order valence-corrected chi connectivity index (χ1v) is 15.8. The third-order valence-corrected chi connectivity index (χ3v) is 9.45. The summed E-state index contributed by atoms with van der Waals surface area (Å²) in [7, 11) is -3.83. The molecule has 0 radical (unpaired) electrons. The summed E-state index contributed by atoms with van der Waals surface area (Å²) < 4.78 is 39.6. The summed E-state index contributed by atoms with van der Waals surface area (Å²) in [6.07, 6.45) is 5.15. The first kappa shape index (κ1) is 29.2. The molecule has 0 bridgehead atoms. The van der Waals surface area contributed by atoms with Crippen LogP contribution in [-0.4, -0.2) is 62.7 Å². The molecule has 1 N–H and O–H groups in total. The van der Waals surface area contributed by atoms with Gasteiger partial charge in [-0.25, -0.2) is 8.42 Å². The molecule has 1 saturated carbocycles. The molecule has 39 heavy (non-hydrogen) atoms. The Morgan fingerprint density at radius 2 is 1.69 bits per heavy atom.